The van der Waals surface area contributed by atoms with Crippen LogP contribution in [0.3, 0.4) is 0 Å². The SMILES string of the molecule is CC(C)n1ncc2c(C(=O)Nc3cccc(NC(=O)c4ccco4)c3)cc(-c3cccs3)nc21. The number of amides is 2. The zero-order valence-electron chi connectivity index (χ0n) is 18.5. The number of fused-ring (bicyclic) bond motifs is 1. The van der Waals surface area contributed by atoms with Gasteiger partial charge in [0, 0.05) is 17.4 Å². The Kier molecular flexibility index (Phi) is 5.69. The summed E-state index contributed by atoms with van der Waals surface area (Å²) in [7, 11) is 0. The van der Waals surface area contributed by atoms with Crippen LogP contribution in [0, 0.1) is 0 Å². The van der Waals surface area contributed by atoms with Crippen LogP contribution in [-0.4, -0.2) is 26.6 Å². The molecule has 8 nitrogen and oxygen atoms in total. The van der Waals surface area contributed by atoms with Gasteiger partial charge in [-0.3, -0.25) is 9.59 Å². The summed E-state index contributed by atoms with van der Waals surface area (Å²) in [5, 5.41) is 12.8. The van der Waals surface area contributed by atoms with E-state index in [4.69, 9.17) is 9.40 Å². The molecule has 0 saturated heterocycles. The Morgan fingerprint density at radius 2 is 1.79 bits per heavy atom. The molecule has 0 spiro atoms. The van der Waals surface area contributed by atoms with Gasteiger partial charge in [-0.25, -0.2) is 9.67 Å². The molecule has 0 aliphatic heterocycles. The van der Waals surface area contributed by atoms with Crippen LogP contribution >= 0.6 is 11.3 Å². The average molecular weight is 472 g/mol. The van der Waals surface area contributed by atoms with E-state index in [0.717, 1.165) is 10.6 Å². The summed E-state index contributed by atoms with van der Waals surface area (Å²) in [4.78, 5) is 31.4. The lowest BCUT2D eigenvalue weighted by Crippen LogP contribution is -2.14. The van der Waals surface area contributed by atoms with E-state index < -0.39 is 0 Å². The van der Waals surface area contributed by atoms with Gasteiger partial charge in [-0.05, 0) is 61.7 Å². The number of hydrogen-bond donors (Lipinski definition) is 2. The normalized spacial score (nSPS) is 11.1. The second-order valence-corrected chi connectivity index (χ2v) is 8.87. The van der Waals surface area contributed by atoms with Crippen molar-refractivity contribution in [2.24, 2.45) is 0 Å². The fraction of sp³-hybridized carbons (Fsp3) is 0.120. The predicted octanol–water partition coefficient (Wildman–Crippen LogP) is 5.84. The first-order valence-electron chi connectivity index (χ1n) is 10.7. The standard InChI is InChI=1S/C25H21N5O3S/c1-15(2)30-23-19(14-26-30)18(13-20(29-23)22-9-5-11-34-22)24(31)27-16-6-3-7-17(12-16)28-25(32)21-8-4-10-33-21/h3-15H,1-2H3,(H,27,31)(H,28,32). The number of nitrogens with zero attached hydrogens (tertiary/aromatic N) is 3. The van der Waals surface area contributed by atoms with Crippen molar-refractivity contribution in [3.63, 3.8) is 0 Å². The van der Waals surface area contributed by atoms with Crippen LogP contribution in [0.4, 0.5) is 11.4 Å². The molecule has 0 unspecified atom stereocenters. The average Bonchev–Trinajstić information content (AvgIpc) is 3.60. The van der Waals surface area contributed by atoms with Gasteiger partial charge in [0.1, 0.15) is 0 Å². The topological polar surface area (TPSA) is 102 Å². The number of anilines is 2. The van der Waals surface area contributed by atoms with E-state index in [1.807, 2.05) is 36.0 Å². The third-order valence-electron chi connectivity index (χ3n) is 5.20. The van der Waals surface area contributed by atoms with Crippen LogP contribution in [0.25, 0.3) is 21.6 Å². The van der Waals surface area contributed by atoms with Crippen molar-refractivity contribution in [1.29, 1.82) is 0 Å². The molecule has 0 fully saturated rings. The number of carbonyl (C=O) groups is 2. The number of pyridine rings is 1. The van der Waals surface area contributed by atoms with E-state index in [1.165, 1.54) is 6.26 Å². The van der Waals surface area contributed by atoms with Crippen molar-refractivity contribution in [3.8, 4) is 10.6 Å². The Bertz CT molecular complexity index is 1470. The molecule has 0 atom stereocenters. The van der Waals surface area contributed by atoms with E-state index in [-0.39, 0.29) is 23.6 Å². The third kappa shape index (κ3) is 4.20. The number of benzene rings is 1. The molecule has 0 aliphatic rings. The molecule has 0 saturated carbocycles. The van der Waals surface area contributed by atoms with Crippen LogP contribution in [0.1, 0.15) is 40.8 Å². The lowest BCUT2D eigenvalue weighted by molar-refractivity contribution is 0.0995. The van der Waals surface area contributed by atoms with Crippen LogP contribution in [0.2, 0.25) is 0 Å². The van der Waals surface area contributed by atoms with E-state index in [9.17, 15) is 9.59 Å². The molecular weight excluding hydrogens is 450 g/mol. The van der Waals surface area contributed by atoms with Crippen molar-refractivity contribution in [3.05, 3.63) is 83.8 Å². The highest BCUT2D eigenvalue weighted by molar-refractivity contribution is 7.13. The molecule has 2 amide bonds. The van der Waals surface area contributed by atoms with Crippen molar-refractivity contribution in [2.45, 2.75) is 19.9 Å². The highest BCUT2D eigenvalue weighted by atomic mass is 32.1. The summed E-state index contributed by atoms with van der Waals surface area (Å²) < 4.78 is 6.94. The number of thiophene rings is 1. The van der Waals surface area contributed by atoms with Crippen LogP contribution in [0.5, 0.6) is 0 Å². The lowest BCUT2D eigenvalue weighted by Gasteiger charge is -2.11. The Balaban J connectivity index is 1.46. The summed E-state index contributed by atoms with van der Waals surface area (Å²) in [5.41, 5.74) is 2.93. The molecule has 5 aromatic rings. The largest absolute Gasteiger partial charge is 0.459 e. The maximum absolute atomic E-state index is 13.4. The first kappa shape index (κ1) is 21.6. The van der Waals surface area contributed by atoms with Gasteiger partial charge in [0.15, 0.2) is 11.4 Å². The summed E-state index contributed by atoms with van der Waals surface area (Å²) in [5.74, 6) is -0.453. The molecule has 170 valence electrons. The van der Waals surface area contributed by atoms with Gasteiger partial charge in [0.05, 0.1) is 34.0 Å². The highest BCUT2D eigenvalue weighted by Crippen LogP contribution is 2.29. The number of carbonyl (C=O) groups excluding carboxylic acids is 2. The Labute approximate surface area is 199 Å². The van der Waals surface area contributed by atoms with Crippen LogP contribution < -0.4 is 10.6 Å². The molecule has 4 aromatic heterocycles. The fourth-order valence-electron chi connectivity index (χ4n) is 3.61. The molecule has 0 bridgehead atoms. The van der Waals surface area contributed by atoms with Gasteiger partial charge in [0.2, 0.25) is 0 Å². The smallest absolute Gasteiger partial charge is 0.291 e. The Hall–Kier alpha value is -4.24. The maximum atomic E-state index is 13.4. The van der Waals surface area contributed by atoms with E-state index >= 15 is 0 Å². The molecule has 5 rings (SSSR count). The quantitative estimate of drug-likeness (QED) is 0.324. The number of rotatable bonds is 6. The van der Waals surface area contributed by atoms with Gasteiger partial charge in [-0.15, -0.1) is 11.3 Å². The number of hydrogen-bond acceptors (Lipinski definition) is 6. The van der Waals surface area contributed by atoms with Crippen molar-refractivity contribution in [2.75, 3.05) is 10.6 Å². The molecule has 4 heterocycles. The number of aromatic nitrogens is 3. The molecule has 0 aliphatic carbocycles. The molecule has 2 N–H and O–H groups in total. The maximum Gasteiger partial charge on any atom is 0.291 e. The van der Waals surface area contributed by atoms with Gasteiger partial charge in [-0.1, -0.05) is 12.1 Å². The predicted molar refractivity (Wildman–Crippen MR) is 132 cm³/mol. The van der Waals surface area contributed by atoms with Gasteiger partial charge >= 0.3 is 0 Å². The molecule has 1 aromatic carbocycles. The fourth-order valence-corrected chi connectivity index (χ4v) is 4.29. The van der Waals surface area contributed by atoms with E-state index in [1.54, 1.807) is 60.0 Å². The van der Waals surface area contributed by atoms with E-state index in [0.29, 0.717) is 28.0 Å². The second kappa shape index (κ2) is 8.95. The zero-order chi connectivity index (χ0) is 23.7. The molecule has 34 heavy (non-hydrogen) atoms. The minimum absolute atomic E-state index is 0.0916. The lowest BCUT2D eigenvalue weighted by atomic mass is 10.1. The Morgan fingerprint density at radius 1 is 1.00 bits per heavy atom. The minimum Gasteiger partial charge on any atom is -0.459 e. The van der Waals surface area contributed by atoms with E-state index in [2.05, 4.69) is 15.7 Å². The summed E-state index contributed by atoms with van der Waals surface area (Å²) in [6.45, 7) is 4.04. The van der Waals surface area contributed by atoms with Gasteiger partial charge < -0.3 is 15.1 Å². The van der Waals surface area contributed by atoms with Crippen LogP contribution in [0.15, 0.2) is 76.9 Å². The first-order chi connectivity index (χ1) is 16.5. The third-order valence-corrected chi connectivity index (χ3v) is 6.09. The zero-order valence-corrected chi connectivity index (χ0v) is 19.3. The number of furan rings is 1. The van der Waals surface area contributed by atoms with Crippen molar-refractivity contribution < 1.29 is 14.0 Å². The van der Waals surface area contributed by atoms with Gasteiger partial charge in [-0.2, -0.15) is 5.10 Å². The molecular formula is C25H21N5O3S. The molecule has 0 radical (unpaired) electrons. The number of nitrogens with one attached hydrogen (secondary N) is 2. The first-order valence-corrected chi connectivity index (χ1v) is 11.6. The summed E-state index contributed by atoms with van der Waals surface area (Å²) in [6, 6.07) is 16.0. The highest BCUT2D eigenvalue weighted by Gasteiger charge is 2.19. The van der Waals surface area contributed by atoms with Crippen molar-refractivity contribution >= 4 is 45.6 Å². The van der Waals surface area contributed by atoms with Crippen LogP contribution in [-0.2, 0) is 0 Å². The monoisotopic (exact) mass is 471 g/mol. The summed E-state index contributed by atoms with van der Waals surface area (Å²) >= 11 is 1.56. The molecule has 9 heteroatoms. The Morgan fingerprint density at radius 3 is 2.47 bits per heavy atom. The summed E-state index contributed by atoms with van der Waals surface area (Å²) in [6.07, 6.45) is 3.11. The minimum atomic E-state index is -0.369. The van der Waals surface area contributed by atoms with Gasteiger partial charge in [0.25, 0.3) is 11.8 Å². The van der Waals surface area contributed by atoms with Crippen molar-refractivity contribution in [1.82, 2.24) is 14.8 Å². The second-order valence-electron chi connectivity index (χ2n) is 7.92.